The van der Waals surface area contributed by atoms with E-state index in [9.17, 15) is 24.2 Å². The molecule has 2 saturated carbocycles. The van der Waals surface area contributed by atoms with E-state index in [1.165, 1.54) is 7.11 Å². The van der Waals surface area contributed by atoms with Gasteiger partial charge in [-0.05, 0) is 50.4 Å². The van der Waals surface area contributed by atoms with Gasteiger partial charge in [0.05, 0.1) is 26.0 Å². The maximum atomic E-state index is 12.4. The number of ketones is 1. The Bertz CT molecular complexity index is 611. The molecule has 2 aliphatic rings. The molecule has 2 N–H and O–H groups in total. The molecule has 2 fully saturated rings. The number of aliphatic hydroxyl groups is 2. The van der Waals surface area contributed by atoms with Gasteiger partial charge in [-0.15, -0.1) is 0 Å². The number of methoxy groups -OCH3 is 1. The highest BCUT2D eigenvalue weighted by Crippen LogP contribution is 2.48. The largest absolute Gasteiger partial charge is 0.469 e. The number of rotatable bonds is 13. The molecule has 6 heteroatoms. The molecule has 0 radical (unpaired) electrons. The van der Waals surface area contributed by atoms with Gasteiger partial charge in [-0.3, -0.25) is 14.0 Å². The van der Waals surface area contributed by atoms with Crippen molar-refractivity contribution in [1.82, 2.24) is 0 Å². The van der Waals surface area contributed by atoms with E-state index in [1.807, 2.05) is 18.2 Å². The molecule has 0 spiro atoms. The number of unbranched alkanes of at least 4 members (excludes halogenated alkanes) is 2. The van der Waals surface area contributed by atoms with E-state index >= 15 is 0 Å². The zero-order valence-corrected chi connectivity index (χ0v) is 18.1. The Morgan fingerprint density at radius 3 is 2.70 bits per heavy atom. The van der Waals surface area contributed by atoms with Crippen LogP contribution in [0.2, 0.25) is 0 Å². The third-order valence-electron chi connectivity index (χ3n) is 6.82. The van der Waals surface area contributed by atoms with E-state index in [-0.39, 0.29) is 42.1 Å². The van der Waals surface area contributed by atoms with E-state index in [0.717, 1.165) is 38.5 Å². The summed E-state index contributed by atoms with van der Waals surface area (Å²) in [6.07, 6.45) is 13.7. The highest BCUT2D eigenvalue weighted by molar-refractivity contribution is 5.84. The second kappa shape index (κ2) is 12.4. The molecule has 0 aliphatic heterocycles. The number of hydrogen-bond acceptors (Lipinski definition) is 5. The first kappa shape index (κ1) is 24.7. The average molecular weight is 425 g/mol. The van der Waals surface area contributed by atoms with Gasteiger partial charge in [0.2, 0.25) is 0 Å². The number of alkyl halides is 1. The summed E-state index contributed by atoms with van der Waals surface area (Å²) in [5.41, 5.74) is -0.172. The first-order chi connectivity index (χ1) is 14.4. The van der Waals surface area contributed by atoms with Crippen molar-refractivity contribution in [2.45, 2.75) is 82.8 Å². The lowest BCUT2D eigenvalue weighted by molar-refractivity contribution is -0.140. The highest BCUT2D eigenvalue weighted by atomic mass is 19.1. The van der Waals surface area contributed by atoms with Gasteiger partial charge in [0.25, 0.3) is 0 Å². The number of carbonyl (C=O) groups is 2. The van der Waals surface area contributed by atoms with Crippen molar-refractivity contribution >= 4 is 11.8 Å². The second-order valence-corrected chi connectivity index (χ2v) is 8.79. The van der Waals surface area contributed by atoms with Crippen LogP contribution >= 0.6 is 0 Å². The summed E-state index contributed by atoms with van der Waals surface area (Å²) in [5, 5.41) is 21.1. The first-order valence-electron chi connectivity index (χ1n) is 11.3. The van der Waals surface area contributed by atoms with Crippen molar-refractivity contribution in [2.24, 2.45) is 17.3 Å². The number of aliphatic hydroxyl groups excluding tert-OH is 2. The zero-order valence-electron chi connectivity index (χ0n) is 18.1. The summed E-state index contributed by atoms with van der Waals surface area (Å²) in [5.74, 6) is -0.763. The number of carbonyl (C=O) groups excluding carboxylic acids is 2. The third kappa shape index (κ3) is 6.74. The van der Waals surface area contributed by atoms with Gasteiger partial charge in [0.1, 0.15) is 5.78 Å². The van der Waals surface area contributed by atoms with Crippen molar-refractivity contribution in [3.63, 3.8) is 0 Å². The second-order valence-electron chi connectivity index (χ2n) is 8.79. The van der Waals surface area contributed by atoms with Gasteiger partial charge >= 0.3 is 5.97 Å². The Kier molecular flexibility index (Phi) is 10.2. The maximum absolute atomic E-state index is 12.4. The summed E-state index contributed by atoms with van der Waals surface area (Å²) < 4.78 is 17.0. The molecule has 0 heterocycles. The van der Waals surface area contributed by atoms with Crippen LogP contribution in [0.15, 0.2) is 24.3 Å². The van der Waals surface area contributed by atoms with Crippen molar-refractivity contribution in [1.29, 1.82) is 0 Å². The molecule has 0 aromatic heterocycles. The summed E-state index contributed by atoms with van der Waals surface area (Å²) in [6, 6.07) is 0. The van der Waals surface area contributed by atoms with Crippen LogP contribution in [-0.4, -0.2) is 48.0 Å². The van der Waals surface area contributed by atoms with Gasteiger partial charge in [-0.1, -0.05) is 37.1 Å². The number of Topliss-reactive ketones (excluding diaryl/α,β-unsaturated/α-hetero) is 1. The van der Waals surface area contributed by atoms with Crippen molar-refractivity contribution < 1.29 is 28.9 Å². The van der Waals surface area contributed by atoms with Crippen LogP contribution in [0.25, 0.3) is 0 Å². The fourth-order valence-electron chi connectivity index (χ4n) is 4.69. The van der Waals surface area contributed by atoms with Gasteiger partial charge in [0.15, 0.2) is 0 Å². The number of esters is 1. The minimum absolute atomic E-state index is 0.0483. The van der Waals surface area contributed by atoms with Crippen LogP contribution in [0.5, 0.6) is 0 Å². The monoisotopic (exact) mass is 424 g/mol. The quantitative estimate of drug-likeness (QED) is 0.265. The molecule has 0 bridgehead atoms. The summed E-state index contributed by atoms with van der Waals surface area (Å²) >= 11 is 0. The molecular weight excluding hydrogens is 387 g/mol. The Balaban J connectivity index is 1.88. The fourth-order valence-corrected chi connectivity index (χ4v) is 4.69. The number of ether oxygens (including phenoxy) is 1. The predicted molar refractivity (Wildman–Crippen MR) is 113 cm³/mol. The highest BCUT2D eigenvalue weighted by Gasteiger charge is 2.43. The molecule has 30 heavy (non-hydrogen) atoms. The van der Waals surface area contributed by atoms with E-state index in [1.54, 1.807) is 6.08 Å². The molecule has 0 unspecified atom stereocenters. The third-order valence-corrected chi connectivity index (χ3v) is 6.82. The van der Waals surface area contributed by atoms with Crippen LogP contribution in [0.1, 0.15) is 70.6 Å². The number of allylic oxidation sites excluding steroid dienone is 2. The Morgan fingerprint density at radius 2 is 2.07 bits per heavy atom. The topological polar surface area (TPSA) is 83.8 Å². The van der Waals surface area contributed by atoms with Crippen molar-refractivity contribution in [3.8, 4) is 0 Å². The average Bonchev–Trinajstić information content (AvgIpc) is 2.96. The number of hydrogen-bond donors (Lipinski definition) is 2. The zero-order chi connectivity index (χ0) is 22.0. The van der Waals surface area contributed by atoms with Crippen molar-refractivity contribution in [3.05, 3.63) is 24.3 Å². The minimum Gasteiger partial charge on any atom is -0.469 e. The van der Waals surface area contributed by atoms with E-state index in [4.69, 9.17) is 0 Å². The normalized spacial score (nSPS) is 26.9. The van der Waals surface area contributed by atoms with Crippen LogP contribution in [-0.2, 0) is 14.3 Å². The lowest BCUT2D eigenvalue weighted by Crippen LogP contribution is -2.40. The molecule has 0 saturated heterocycles. The molecule has 0 aromatic carbocycles. The first-order valence-corrected chi connectivity index (χ1v) is 11.3. The Labute approximate surface area is 179 Å². The molecule has 170 valence electrons. The molecule has 2 aliphatic carbocycles. The van der Waals surface area contributed by atoms with Crippen molar-refractivity contribution in [2.75, 3.05) is 13.8 Å². The standard InChI is InChI=1S/C24H37FO5/c1-30-23(29)10-5-3-2-4-9-18-19(21(27)17-20(18)26)11-12-22(28)24(14-8-15-24)13-6-7-16-25/h2,4,11-12,18-19,21-22,27-28H,3,5-10,13-17H2,1H3/b4-2-,12-11+/t18-,19-,21-,22-/m1/s1. The molecule has 4 atom stereocenters. The smallest absolute Gasteiger partial charge is 0.305 e. The minimum atomic E-state index is -0.720. The van der Waals surface area contributed by atoms with Crippen LogP contribution in [0.4, 0.5) is 4.39 Å². The van der Waals surface area contributed by atoms with Gasteiger partial charge in [-0.2, -0.15) is 0 Å². The SMILES string of the molecule is COC(=O)CCC/C=C\C[C@H]1C(=O)C[C@@H](O)[C@@H]1/C=C/[C@@H](O)C1(CCCCF)CCC1. The lowest BCUT2D eigenvalue weighted by atomic mass is 9.62. The summed E-state index contributed by atoms with van der Waals surface area (Å²) in [4.78, 5) is 23.4. The van der Waals surface area contributed by atoms with Gasteiger partial charge in [-0.25, -0.2) is 0 Å². The Morgan fingerprint density at radius 1 is 1.30 bits per heavy atom. The lowest BCUT2D eigenvalue weighted by Gasteiger charge is -2.45. The molecule has 5 nitrogen and oxygen atoms in total. The molecule has 0 amide bonds. The Hall–Kier alpha value is -1.53. The predicted octanol–water partition coefficient (Wildman–Crippen LogP) is 4.07. The summed E-state index contributed by atoms with van der Waals surface area (Å²) in [6.45, 7) is -0.323. The maximum Gasteiger partial charge on any atom is 0.305 e. The van der Waals surface area contributed by atoms with Gasteiger partial charge in [0, 0.05) is 24.7 Å². The van der Waals surface area contributed by atoms with E-state index in [0.29, 0.717) is 25.7 Å². The van der Waals surface area contributed by atoms with Crippen LogP contribution < -0.4 is 0 Å². The van der Waals surface area contributed by atoms with Crippen LogP contribution in [0.3, 0.4) is 0 Å². The molecular formula is C24H37FO5. The molecule has 2 rings (SSSR count). The van der Waals surface area contributed by atoms with Gasteiger partial charge < -0.3 is 14.9 Å². The number of halogens is 1. The van der Waals surface area contributed by atoms with Crippen LogP contribution in [0, 0.1) is 17.3 Å². The summed E-state index contributed by atoms with van der Waals surface area (Å²) in [7, 11) is 1.37. The molecule has 0 aromatic rings. The fraction of sp³-hybridized carbons (Fsp3) is 0.750. The van der Waals surface area contributed by atoms with E-state index in [2.05, 4.69) is 4.74 Å². The van der Waals surface area contributed by atoms with E-state index < -0.39 is 12.2 Å².